The topological polar surface area (TPSA) is 52.3 Å². The molecular weight excluding hydrogens is 282 g/mol. The summed E-state index contributed by atoms with van der Waals surface area (Å²) in [5.41, 5.74) is 5.52. The molecule has 1 aromatic rings. The predicted molar refractivity (Wildman–Crippen MR) is 79.9 cm³/mol. The third-order valence-corrected chi connectivity index (χ3v) is 5.75. The van der Waals surface area contributed by atoms with Gasteiger partial charge in [0, 0.05) is 4.90 Å². The van der Waals surface area contributed by atoms with Crippen molar-refractivity contribution in [2.24, 2.45) is 0 Å². The number of rotatable bonds is 2. The van der Waals surface area contributed by atoms with Crippen LogP contribution in [0, 0.1) is 0 Å². The summed E-state index contributed by atoms with van der Waals surface area (Å²) < 4.78 is 18.7. The lowest BCUT2D eigenvalue weighted by atomic mass is 10.0. The van der Waals surface area contributed by atoms with E-state index in [1.165, 1.54) is 0 Å². The van der Waals surface area contributed by atoms with Crippen LogP contribution < -0.4 is 5.73 Å². The first-order valence-electron chi connectivity index (χ1n) is 6.28. The van der Waals surface area contributed by atoms with E-state index >= 15 is 0 Å². The molecule has 2 N–H and O–H groups in total. The maximum absolute atomic E-state index is 12.7. The van der Waals surface area contributed by atoms with Crippen molar-refractivity contribution in [3.8, 4) is 0 Å². The summed E-state index contributed by atoms with van der Waals surface area (Å²) in [7, 11) is -1.16. The van der Waals surface area contributed by atoms with Gasteiger partial charge in [-0.3, -0.25) is 4.21 Å². The Bertz CT molecular complexity index is 528. The molecule has 1 saturated heterocycles. The summed E-state index contributed by atoms with van der Waals surface area (Å²) in [5.74, 6) is 0. The van der Waals surface area contributed by atoms with Crippen molar-refractivity contribution in [3.63, 3.8) is 0 Å². The van der Waals surface area contributed by atoms with E-state index in [9.17, 15) is 4.21 Å². The molecule has 1 fully saturated rings. The van der Waals surface area contributed by atoms with Crippen LogP contribution in [0.15, 0.2) is 23.1 Å². The lowest BCUT2D eigenvalue weighted by Gasteiger charge is -2.26. The van der Waals surface area contributed by atoms with Crippen molar-refractivity contribution in [3.05, 3.63) is 23.2 Å². The number of nitrogens with two attached hydrogens (primary N) is 1. The fraction of sp³-hybridized carbons (Fsp3) is 0.571. The molecule has 106 valence electrons. The highest BCUT2D eigenvalue weighted by Crippen LogP contribution is 2.41. The molecule has 0 amide bonds. The number of hydrogen-bond donors (Lipinski definition) is 1. The van der Waals surface area contributed by atoms with Crippen molar-refractivity contribution < 1.29 is 8.95 Å². The van der Waals surface area contributed by atoms with Gasteiger partial charge in [0.15, 0.2) is 0 Å². The summed E-state index contributed by atoms with van der Waals surface area (Å²) in [6.45, 7) is 8.04. The number of nitrogen functional groups attached to an aromatic ring is 1. The van der Waals surface area contributed by atoms with E-state index < -0.39 is 16.4 Å². The normalized spacial score (nSPS) is 26.3. The summed E-state index contributed by atoms with van der Waals surface area (Å²) in [6.07, 6.45) is 0.759. The van der Waals surface area contributed by atoms with Crippen LogP contribution in [0.3, 0.4) is 0 Å². The fourth-order valence-electron chi connectivity index (χ4n) is 2.64. The molecule has 1 heterocycles. The van der Waals surface area contributed by atoms with Gasteiger partial charge < -0.3 is 10.5 Å². The third kappa shape index (κ3) is 2.96. The number of benzene rings is 1. The summed E-state index contributed by atoms with van der Waals surface area (Å²) >= 11 is 6.00. The van der Waals surface area contributed by atoms with Gasteiger partial charge in [-0.15, -0.1) is 0 Å². The average Bonchev–Trinajstić information content (AvgIpc) is 2.49. The Balaban J connectivity index is 2.31. The van der Waals surface area contributed by atoms with Crippen molar-refractivity contribution >= 4 is 28.1 Å². The quantitative estimate of drug-likeness (QED) is 0.852. The van der Waals surface area contributed by atoms with E-state index in [0.717, 1.165) is 6.42 Å². The Morgan fingerprint density at radius 3 is 2.47 bits per heavy atom. The monoisotopic (exact) mass is 301 g/mol. The minimum absolute atomic E-state index is 0.0535. The van der Waals surface area contributed by atoms with Crippen LogP contribution in [0.25, 0.3) is 0 Å². The highest BCUT2D eigenvalue weighted by atomic mass is 35.5. The van der Waals surface area contributed by atoms with Crippen LogP contribution in [0.2, 0.25) is 5.02 Å². The molecule has 2 unspecified atom stereocenters. The number of ether oxygens (including phenoxy) is 1. The molecule has 19 heavy (non-hydrogen) atoms. The van der Waals surface area contributed by atoms with Gasteiger partial charge in [-0.1, -0.05) is 11.6 Å². The lowest BCUT2D eigenvalue weighted by Crippen LogP contribution is -2.35. The molecule has 0 spiro atoms. The Kier molecular flexibility index (Phi) is 3.71. The molecule has 0 radical (unpaired) electrons. The maximum Gasteiger partial charge on any atom is 0.0781 e. The van der Waals surface area contributed by atoms with Crippen LogP contribution in [0.4, 0.5) is 5.69 Å². The van der Waals surface area contributed by atoms with Gasteiger partial charge in [-0.2, -0.15) is 0 Å². The van der Waals surface area contributed by atoms with E-state index in [2.05, 4.69) is 0 Å². The van der Waals surface area contributed by atoms with E-state index in [4.69, 9.17) is 22.1 Å². The Hall–Kier alpha value is -0.580. The van der Waals surface area contributed by atoms with Gasteiger partial charge in [-0.25, -0.2) is 0 Å². The molecule has 2 atom stereocenters. The zero-order valence-corrected chi connectivity index (χ0v) is 13.3. The van der Waals surface area contributed by atoms with Crippen molar-refractivity contribution in [1.29, 1.82) is 0 Å². The Morgan fingerprint density at radius 2 is 2.00 bits per heavy atom. The van der Waals surface area contributed by atoms with Crippen molar-refractivity contribution in [1.82, 2.24) is 0 Å². The van der Waals surface area contributed by atoms with Gasteiger partial charge in [0.25, 0.3) is 0 Å². The zero-order chi connectivity index (χ0) is 14.4. The van der Waals surface area contributed by atoms with Crippen LogP contribution in [0.1, 0.15) is 34.1 Å². The molecule has 1 aromatic carbocycles. The number of halogens is 1. The second-order valence-electron chi connectivity index (χ2n) is 6.14. The minimum atomic E-state index is -1.16. The highest BCUT2D eigenvalue weighted by Gasteiger charge is 2.49. The van der Waals surface area contributed by atoms with Crippen LogP contribution >= 0.6 is 11.6 Å². The molecule has 2 rings (SSSR count). The first-order valence-corrected chi connectivity index (χ1v) is 7.87. The van der Waals surface area contributed by atoms with Crippen LogP contribution in [-0.2, 0) is 15.5 Å². The molecule has 0 bridgehead atoms. The standard InChI is InChI=1S/C14H20ClNO2S/c1-13(2)8-12(14(3,4)18-13)19(17)9-5-6-11(16)10(15)7-9/h5-7,12H,8,16H2,1-4H3. The lowest BCUT2D eigenvalue weighted by molar-refractivity contribution is -0.0633. The molecule has 1 aliphatic rings. The molecule has 5 heteroatoms. The maximum atomic E-state index is 12.7. The van der Waals surface area contributed by atoms with Gasteiger partial charge in [-0.05, 0) is 52.3 Å². The van der Waals surface area contributed by atoms with Gasteiger partial charge in [0.05, 0.1) is 38.0 Å². The average molecular weight is 302 g/mol. The van der Waals surface area contributed by atoms with Gasteiger partial charge in [0.1, 0.15) is 0 Å². The van der Waals surface area contributed by atoms with Gasteiger partial charge >= 0.3 is 0 Å². The summed E-state index contributed by atoms with van der Waals surface area (Å²) in [5, 5.41) is 0.393. The second kappa shape index (κ2) is 4.76. The van der Waals surface area contributed by atoms with Crippen molar-refractivity contribution in [2.45, 2.75) is 55.5 Å². The molecular formula is C14H20ClNO2S. The predicted octanol–water partition coefficient (Wildman–Crippen LogP) is 3.38. The zero-order valence-electron chi connectivity index (χ0n) is 11.7. The van der Waals surface area contributed by atoms with E-state index in [-0.39, 0.29) is 10.9 Å². The Labute approximate surface area is 121 Å². The van der Waals surface area contributed by atoms with Crippen LogP contribution in [-0.4, -0.2) is 20.7 Å². The summed E-state index contributed by atoms with van der Waals surface area (Å²) in [4.78, 5) is 0.707. The highest BCUT2D eigenvalue weighted by molar-refractivity contribution is 7.85. The minimum Gasteiger partial charge on any atom is -0.398 e. The number of hydrogen-bond acceptors (Lipinski definition) is 3. The smallest absolute Gasteiger partial charge is 0.0781 e. The van der Waals surface area contributed by atoms with E-state index in [0.29, 0.717) is 15.6 Å². The summed E-state index contributed by atoms with van der Waals surface area (Å²) in [6, 6.07) is 5.16. The first kappa shape index (κ1) is 14.8. The largest absolute Gasteiger partial charge is 0.398 e. The third-order valence-electron chi connectivity index (χ3n) is 3.45. The SMILES string of the molecule is CC1(C)CC(S(=O)c2ccc(N)c(Cl)c2)C(C)(C)O1. The molecule has 0 saturated carbocycles. The van der Waals surface area contributed by atoms with Crippen molar-refractivity contribution in [2.75, 3.05) is 5.73 Å². The molecule has 0 aromatic heterocycles. The van der Waals surface area contributed by atoms with Gasteiger partial charge in [0.2, 0.25) is 0 Å². The molecule has 0 aliphatic carbocycles. The first-order chi connectivity index (χ1) is 8.62. The van der Waals surface area contributed by atoms with E-state index in [1.54, 1.807) is 18.2 Å². The van der Waals surface area contributed by atoms with Crippen LogP contribution in [0.5, 0.6) is 0 Å². The Morgan fingerprint density at radius 1 is 1.37 bits per heavy atom. The second-order valence-corrected chi connectivity index (χ2v) is 8.18. The van der Waals surface area contributed by atoms with E-state index in [1.807, 2.05) is 27.7 Å². The molecule has 3 nitrogen and oxygen atoms in total. The fourth-order valence-corrected chi connectivity index (χ4v) is 4.77. The number of anilines is 1. The molecule has 1 aliphatic heterocycles.